The van der Waals surface area contributed by atoms with E-state index in [0.717, 1.165) is 17.3 Å². The second-order valence-corrected chi connectivity index (χ2v) is 3.54. The molecule has 12 heavy (non-hydrogen) atoms. The topological polar surface area (TPSA) is 24.9 Å². The predicted octanol–water partition coefficient (Wildman–Crippen LogP) is 2.80. The van der Waals surface area contributed by atoms with Crippen LogP contribution in [0.15, 0.2) is 18.5 Å². The van der Waals surface area contributed by atoms with Crippen LogP contribution in [0, 0.1) is 5.92 Å². The molecule has 0 spiro atoms. The van der Waals surface area contributed by atoms with E-state index in [4.69, 9.17) is 11.6 Å². The third-order valence-electron chi connectivity index (χ3n) is 1.47. The molecule has 2 nitrogen and oxygen atoms in total. The van der Waals surface area contributed by atoms with Crippen LogP contribution in [0.3, 0.4) is 0 Å². The minimum Gasteiger partial charge on any atom is -0.382 e. The van der Waals surface area contributed by atoms with E-state index in [1.165, 1.54) is 0 Å². The van der Waals surface area contributed by atoms with Gasteiger partial charge < -0.3 is 5.32 Å². The fraction of sp³-hybridized carbons (Fsp3) is 0.444. The molecule has 66 valence electrons. The molecule has 0 aliphatic heterocycles. The lowest BCUT2D eigenvalue weighted by Crippen LogP contribution is -2.08. The Balaban J connectivity index is 2.57. The second kappa shape index (κ2) is 4.31. The van der Waals surface area contributed by atoms with E-state index in [9.17, 15) is 0 Å². The largest absolute Gasteiger partial charge is 0.382 e. The van der Waals surface area contributed by atoms with E-state index in [1.807, 2.05) is 0 Å². The van der Waals surface area contributed by atoms with Crippen molar-refractivity contribution in [3.05, 3.63) is 23.5 Å². The first-order valence-electron chi connectivity index (χ1n) is 4.03. The summed E-state index contributed by atoms with van der Waals surface area (Å²) in [4.78, 5) is 3.98. The lowest BCUT2D eigenvalue weighted by Gasteiger charge is -2.09. The highest BCUT2D eigenvalue weighted by atomic mass is 35.5. The van der Waals surface area contributed by atoms with Gasteiger partial charge in [-0.3, -0.25) is 4.98 Å². The Hall–Kier alpha value is -0.760. The van der Waals surface area contributed by atoms with E-state index in [1.54, 1.807) is 18.5 Å². The van der Waals surface area contributed by atoms with Crippen molar-refractivity contribution in [1.29, 1.82) is 0 Å². The smallest absolute Gasteiger partial charge is 0.0716 e. The highest BCUT2D eigenvalue weighted by Gasteiger charge is 1.98. The molecule has 0 aliphatic rings. The van der Waals surface area contributed by atoms with Gasteiger partial charge in [0.2, 0.25) is 0 Å². The Morgan fingerprint density at radius 1 is 1.58 bits per heavy atom. The van der Waals surface area contributed by atoms with E-state index in [-0.39, 0.29) is 0 Å². The highest BCUT2D eigenvalue weighted by molar-refractivity contribution is 6.33. The Morgan fingerprint density at radius 2 is 2.33 bits per heavy atom. The molecule has 0 bridgehead atoms. The monoisotopic (exact) mass is 184 g/mol. The third kappa shape index (κ3) is 2.70. The summed E-state index contributed by atoms with van der Waals surface area (Å²) >= 11 is 5.91. The predicted molar refractivity (Wildman–Crippen MR) is 52.6 cm³/mol. The second-order valence-electron chi connectivity index (χ2n) is 3.13. The van der Waals surface area contributed by atoms with Crippen LogP contribution in [0.4, 0.5) is 5.69 Å². The van der Waals surface area contributed by atoms with Gasteiger partial charge in [0.15, 0.2) is 0 Å². The molecule has 1 heterocycles. The van der Waals surface area contributed by atoms with Crippen molar-refractivity contribution in [3.8, 4) is 0 Å². The molecule has 1 aromatic rings. The molecule has 3 heteroatoms. The van der Waals surface area contributed by atoms with Crippen molar-refractivity contribution in [2.24, 2.45) is 5.92 Å². The Morgan fingerprint density at radius 3 is 2.92 bits per heavy atom. The van der Waals surface area contributed by atoms with Gasteiger partial charge >= 0.3 is 0 Å². The maximum atomic E-state index is 5.91. The first-order chi connectivity index (χ1) is 5.70. The number of hydrogen-bond donors (Lipinski definition) is 1. The molecule has 1 rings (SSSR count). The Bertz CT molecular complexity index is 248. The number of hydrogen-bond acceptors (Lipinski definition) is 2. The van der Waals surface area contributed by atoms with Crippen molar-refractivity contribution < 1.29 is 0 Å². The van der Waals surface area contributed by atoms with Crippen molar-refractivity contribution in [1.82, 2.24) is 4.98 Å². The van der Waals surface area contributed by atoms with Crippen LogP contribution >= 0.6 is 11.6 Å². The molecule has 0 radical (unpaired) electrons. The van der Waals surface area contributed by atoms with Crippen molar-refractivity contribution in [3.63, 3.8) is 0 Å². The number of halogens is 1. The number of anilines is 1. The van der Waals surface area contributed by atoms with Gasteiger partial charge in [-0.25, -0.2) is 0 Å². The van der Waals surface area contributed by atoms with Crippen LogP contribution in [0.25, 0.3) is 0 Å². The quantitative estimate of drug-likeness (QED) is 0.782. The van der Waals surface area contributed by atoms with Crippen LogP contribution in [-0.2, 0) is 0 Å². The zero-order chi connectivity index (χ0) is 8.97. The molecule has 1 N–H and O–H groups in total. The molecule has 0 amide bonds. The summed E-state index contributed by atoms with van der Waals surface area (Å²) in [5.41, 5.74) is 0.910. The molecule has 0 saturated carbocycles. The van der Waals surface area contributed by atoms with Gasteiger partial charge in [0.25, 0.3) is 0 Å². The number of nitrogens with one attached hydrogen (secondary N) is 1. The van der Waals surface area contributed by atoms with E-state index in [0.29, 0.717) is 5.92 Å². The fourth-order valence-electron chi connectivity index (χ4n) is 0.822. The SMILES string of the molecule is CC(C)CNc1cnccc1Cl. The summed E-state index contributed by atoms with van der Waals surface area (Å²) in [5, 5.41) is 3.95. The Labute approximate surface area is 78.0 Å². The summed E-state index contributed by atoms with van der Waals surface area (Å²) in [6.07, 6.45) is 3.42. The lowest BCUT2D eigenvalue weighted by atomic mass is 10.2. The third-order valence-corrected chi connectivity index (χ3v) is 1.80. The first kappa shape index (κ1) is 9.33. The maximum Gasteiger partial charge on any atom is 0.0716 e. The van der Waals surface area contributed by atoms with Gasteiger partial charge in [0.05, 0.1) is 16.9 Å². The lowest BCUT2D eigenvalue weighted by molar-refractivity contribution is 0.688. The van der Waals surface area contributed by atoms with Crippen LogP contribution < -0.4 is 5.32 Å². The van der Waals surface area contributed by atoms with Crippen LogP contribution in [0.1, 0.15) is 13.8 Å². The van der Waals surface area contributed by atoms with Gasteiger partial charge in [0, 0.05) is 12.7 Å². The summed E-state index contributed by atoms with van der Waals surface area (Å²) < 4.78 is 0. The van der Waals surface area contributed by atoms with Gasteiger partial charge in [0.1, 0.15) is 0 Å². The van der Waals surface area contributed by atoms with E-state index in [2.05, 4.69) is 24.1 Å². The van der Waals surface area contributed by atoms with Crippen molar-refractivity contribution in [2.75, 3.05) is 11.9 Å². The number of pyridine rings is 1. The number of nitrogens with zero attached hydrogens (tertiary/aromatic N) is 1. The minimum absolute atomic E-state index is 0.612. The molecular formula is C9H13ClN2. The van der Waals surface area contributed by atoms with Gasteiger partial charge in [-0.15, -0.1) is 0 Å². The van der Waals surface area contributed by atoms with Crippen molar-refractivity contribution >= 4 is 17.3 Å². The standard InChI is InChI=1S/C9H13ClN2/c1-7(2)5-12-9-6-11-4-3-8(9)10/h3-4,6-7,12H,5H2,1-2H3. The zero-order valence-electron chi connectivity index (χ0n) is 7.34. The summed E-state index contributed by atoms with van der Waals surface area (Å²) in [6, 6.07) is 1.78. The molecule has 1 aromatic heterocycles. The zero-order valence-corrected chi connectivity index (χ0v) is 8.10. The minimum atomic E-state index is 0.612. The van der Waals surface area contributed by atoms with Crippen LogP contribution in [0.2, 0.25) is 5.02 Å². The van der Waals surface area contributed by atoms with E-state index >= 15 is 0 Å². The van der Waals surface area contributed by atoms with Crippen LogP contribution in [-0.4, -0.2) is 11.5 Å². The summed E-state index contributed by atoms with van der Waals surface area (Å²) in [7, 11) is 0. The molecule has 0 atom stereocenters. The Kier molecular flexibility index (Phi) is 3.35. The average molecular weight is 185 g/mol. The van der Waals surface area contributed by atoms with Gasteiger partial charge in [-0.2, -0.15) is 0 Å². The summed E-state index contributed by atoms with van der Waals surface area (Å²) in [5.74, 6) is 0.612. The highest BCUT2D eigenvalue weighted by Crippen LogP contribution is 2.18. The summed E-state index contributed by atoms with van der Waals surface area (Å²) in [6.45, 7) is 5.22. The van der Waals surface area contributed by atoms with Gasteiger partial charge in [-0.05, 0) is 12.0 Å². The van der Waals surface area contributed by atoms with Gasteiger partial charge in [-0.1, -0.05) is 25.4 Å². The number of rotatable bonds is 3. The molecule has 0 unspecified atom stereocenters. The molecular weight excluding hydrogens is 172 g/mol. The molecule has 0 saturated heterocycles. The van der Waals surface area contributed by atoms with Crippen molar-refractivity contribution in [2.45, 2.75) is 13.8 Å². The maximum absolute atomic E-state index is 5.91. The average Bonchev–Trinajstić information content (AvgIpc) is 2.03. The molecule has 0 aliphatic carbocycles. The fourth-order valence-corrected chi connectivity index (χ4v) is 0.994. The normalized spacial score (nSPS) is 10.3. The number of aromatic nitrogens is 1. The van der Waals surface area contributed by atoms with E-state index < -0.39 is 0 Å². The molecule has 0 aromatic carbocycles. The van der Waals surface area contributed by atoms with Crippen LogP contribution in [0.5, 0.6) is 0 Å². The molecule has 0 fully saturated rings. The first-order valence-corrected chi connectivity index (χ1v) is 4.41.